The Kier molecular flexibility index (Phi) is 3.13. The number of hydrogen-bond acceptors (Lipinski definition) is 2. The third-order valence-electron chi connectivity index (χ3n) is 3.18. The van der Waals surface area contributed by atoms with Crippen LogP contribution < -0.4 is 10.2 Å². The van der Waals surface area contributed by atoms with E-state index in [-0.39, 0.29) is 5.91 Å². The van der Waals surface area contributed by atoms with Crippen LogP contribution >= 0.6 is 11.6 Å². The number of amides is 1. The van der Waals surface area contributed by atoms with Gasteiger partial charge in [-0.1, -0.05) is 35.9 Å². The lowest BCUT2D eigenvalue weighted by atomic mass is 10.1. The molecule has 1 aliphatic rings. The van der Waals surface area contributed by atoms with E-state index in [1.807, 2.05) is 48.5 Å². The van der Waals surface area contributed by atoms with Crippen LogP contribution in [0, 0.1) is 0 Å². The third kappa shape index (κ3) is 2.42. The van der Waals surface area contributed by atoms with Crippen molar-refractivity contribution in [3.05, 3.63) is 59.1 Å². The van der Waals surface area contributed by atoms with Crippen LogP contribution in [0.3, 0.4) is 0 Å². The number of nitrogens with one attached hydrogen (secondary N) is 1. The van der Waals surface area contributed by atoms with Gasteiger partial charge >= 0.3 is 0 Å². The summed E-state index contributed by atoms with van der Waals surface area (Å²) in [4.78, 5) is 13.9. The quantitative estimate of drug-likeness (QED) is 0.910. The fourth-order valence-electron chi connectivity index (χ4n) is 2.20. The number of carbonyl (C=O) groups excluding carboxylic acids is 1. The van der Waals surface area contributed by atoms with Crippen molar-refractivity contribution in [1.29, 1.82) is 0 Å². The number of anilines is 2. The molecule has 1 heterocycles. The fourth-order valence-corrected chi connectivity index (χ4v) is 2.33. The maximum absolute atomic E-state index is 12.1. The minimum atomic E-state index is 0.0775. The van der Waals surface area contributed by atoms with E-state index in [4.69, 9.17) is 11.6 Å². The summed E-state index contributed by atoms with van der Waals surface area (Å²) in [6.07, 6.45) is 0. The van der Waals surface area contributed by atoms with Crippen molar-refractivity contribution in [3.63, 3.8) is 0 Å². The molecule has 1 aliphatic heterocycles. The number of para-hydroxylation sites is 2. The number of fused-ring (bicyclic) bond motifs is 1. The molecule has 3 nitrogen and oxygen atoms in total. The zero-order valence-electron chi connectivity index (χ0n) is 10.3. The zero-order valence-corrected chi connectivity index (χ0v) is 11.0. The maximum Gasteiger partial charge on any atom is 0.246 e. The molecular weight excluding hydrogens is 260 g/mol. The predicted octanol–water partition coefficient (Wildman–Crippen LogP) is 3.30. The summed E-state index contributed by atoms with van der Waals surface area (Å²) in [5.74, 6) is 0.0775. The first-order chi connectivity index (χ1) is 9.24. The monoisotopic (exact) mass is 272 g/mol. The Balaban J connectivity index is 1.91. The van der Waals surface area contributed by atoms with Crippen LogP contribution in [0.25, 0.3) is 0 Å². The molecule has 4 heteroatoms. The first-order valence-electron chi connectivity index (χ1n) is 6.12. The molecule has 3 rings (SSSR count). The van der Waals surface area contributed by atoms with Crippen molar-refractivity contribution in [3.8, 4) is 0 Å². The van der Waals surface area contributed by atoms with Crippen molar-refractivity contribution < 1.29 is 4.79 Å². The minimum absolute atomic E-state index is 0.0775. The fraction of sp³-hybridized carbons (Fsp3) is 0.133. The highest BCUT2D eigenvalue weighted by Crippen LogP contribution is 2.30. The predicted molar refractivity (Wildman–Crippen MR) is 77.6 cm³/mol. The van der Waals surface area contributed by atoms with Crippen molar-refractivity contribution in [2.24, 2.45) is 0 Å². The maximum atomic E-state index is 12.1. The summed E-state index contributed by atoms with van der Waals surface area (Å²) >= 11 is 5.87. The summed E-state index contributed by atoms with van der Waals surface area (Å²) in [7, 11) is 0. The van der Waals surface area contributed by atoms with E-state index in [1.54, 1.807) is 4.90 Å². The first kappa shape index (κ1) is 12.1. The summed E-state index contributed by atoms with van der Waals surface area (Å²) in [5, 5.41) is 3.83. The summed E-state index contributed by atoms with van der Waals surface area (Å²) in [6, 6.07) is 15.4. The minimum Gasteiger partial charge on any atom is -0.374 e. The van der Waals surface area contributed by atoms with Crippen LogP contribution in [0.1, 0.15) is 5.56 Å². The molecule has 0 radical (unpaired) electrons. The van der Waals surface area contributed by atoms with Gasteiger partial charge in [0.05, 0.1) is 24.5 Å². The highest BCUT2D eigenvalue weighted by atomic mass is 35.5. The Labute approximate surface area is 116 Å². The molecule has 0 saturated heterocycles. The van der Waals surface area contributed by atoms with Crippen LogP contribution in [-0.2, 0) is 11.3 Å². The van der Waals surface area contributed by atoms with E-state index in [9.17, 15) is 4.79 Å². The van der Waals surface area contributed by atoms with Gasteiger partial charge in [0.2, 0.25) is 5.91 Å². The van der Waals surface area contributed by atoms with Crippen LogP contribution in [0.4, 0.5) is 11.4 Å². The Morgan fingerprint density at radius 3 is 2.63 bits per heavy atom. The lowest BCUT2D eigenvalue weighted by molar-refractivity contribution is -0.117. The van der Waals surface area contributed by atoms with Crippen LogP contribution in [0.5, 0.6) is 0 Å². The number of halogens is 1. The smallest absolute Gasteiger partial charge is 0.246 e. The molecule has 2 aromatic carbocycles. The zero-order chi connectivity index (χ0) is 13.2. The normalized spacial score (nSPS) is 13.9. The average Bonchev–Trinajstić information content (AvgIpc) is 2.44. The van der Waals surface area contributed by atoms with Crippen LogP contribution in [-0.4, -0.2) is 12.5 Å². The number of carbonyl (C=O) groups is 1. The molecule has 0 atom stereocenters. The van der Waals surface area contributed by atoms with Gasteiger partial charge in [0, 0.05) is 5.02 Å². The topological polar surface area (TPSA) is 32.3 Å². The summed E-state index contributed by atoms with van der Waals surface area (Å²) in [5.41, 5.74) is 2.99. The largest absolute Gasteiger partial charge is 0.374 e. The van der Waals surface area contributed by atoms with E-state index >= 15 is 0 Å². The van der Waals surface area contributed by atoms with E-state index in [1.165, 1.54) is 0 Å². The molecule has 0 unspecified atom stereocenters. The van der Waals surface area contributed by atoms with Gasteiger partial charge in [0.1, 0.15) is 0 Å². The molecule has 0 spiro atoms. The van der Waals surface area contributed by atoms with Gasteiger partial charge in [-0.25, -0.2) is 0 Å². The second kappa shape index (κ2) is 4.94. The molecule has 1 N–H and O–H groups in total. The van der Waals surface area contributed by atoms with Crippen molar-refractivity contribution in [2.75, 3.05) is 16.8 Å². The van der Waals surface area contributed by atoms with Crippen molar-refractivity contribution >= 4 is 28.9 Å². The Hall–Kier alpha value is -2.00. The van der Waals surface area contributed by atoms with E-state index < -0.39 is 0 Å². The first-order valence-corrected chi connectivity index (χ1v) is 6.49. The number of hydrogen-bond donors (Lipinski definition) is 1. The van der Waals surface area contributed by atoms with Gasteiger partial charge in [-0.05, 0) is 29.8 Å². The van der Waals surface area contributed by atoms with Gasteiger partial charge in [0.15, 0.2) is 0 Å². The molecule has 0 saturated carbocycles. The molecular formula is C15H13ClN2O. The van der Waals surface area contributed by atoms with Gasteiger partial charge in [-0.2, -0.15) is 0 Å². The SMILES string of the molecule is O=C1CNc2ccccc2N1Cc1ccc(Cl)cc1. The number of rotatable bonds is 2. The highest BCUT2D eigenvalue weighted by molar-refractivity contribution is 6.30. The van der Waals surface area contributed by atoms with Crippen LogP contribution in [0.2, 0.25) is 5.02 Å². The molecule has 0 bridgehead atoms. The number of nitrogens with zero attached hydrogens (tertiary/aromatic N) is 1. The third-order valence-corrected chi connectivity index (χ3v) is 3.43. The van der Waals surface area contributed by atoms with Crippen LogP contribution in [0.15, 0.2) is 48.5 Å². The second-order valence-electron chi connectivity index (χ2n) is 4.48. The Bertz CT molecular complexity index is 610. The molecule has 0 fully saturated rings. The van der Waals surface area contributed by atoms with Gasteiger partial charge in [-0.3, -0.25) is 4.79 Å². The molecule has 0 aliphatic carbocycles. The molecule has 96 valence electrons. The summed E-state index contributed by atoms with van der Waals surface area (Å²) in [6.45, 7) is 0.902. The summed E-state index contributed by atoms with van der Waals surface area (Å²) < 4.78 is 0. The van der Waals surface area contributed by atoms with E-state index in [2.05, 4.69) is 5.32 Å². The molecule has 0 aromatic heterocycles. The lowest BCUT2D eigenvalue weighted by Crippen LogP contribution is -2.39. The van der Waals surface area contributed by atoms with Crippen molar-refractivity contribution in [2.45, 2.75) is 6.54 Å². The molecule has 1 amide bonds. The highest BCUT2D eigenvalue weighted by Gasteiger charge is 2.23. The van der Waals surface area contributed by atoms with E-state index in [0.717, 1.165) is 16.9 Å². The second-order valence-corrected chi connectivity index (χ2v) is 4.91. The molecule has 2 aromatic rings. The van der Waals surface area contributed by atoms with Gasteiger partial charge < -0.3 is 10.2 Å². The van der Waals surface area contributed by atoms with E-state index in [0.29, 0.717) is 18.1 Å². The standard InChI is InChI=1S/C15H13ClN2O/c16-12-7-5-11(6-8-12)10-18-14-4-2-1-3-13(14)17-9-15(18)19/h1-8,17H,9-10H2. The Morgan fingerprint density at radius 1 is 1.11 bits per heavy atom. The molecule has 19 heavy (non-hydrogen) atoms. The Morgan fingerprint density at radius 2 is 1.84 bits per heavy atom. The van der Waals surface area contributed by atoms with Gasteiger partial charge in [0.25, 0.3) is 0 Å². The number of benzene rings is 2. The van der Waals surface area contributed by atoms with Gasteiger partial charge in [-0.15, -0.1) is 0 Å². The lowest BCUT2D eigenvalue weighted by Gasteiger charge is -2.30. The average molecular weight is 273 g/mol. The van der Waals surface area contributed by atoms with Crippen molar-refractivity contribution in [1.82, 2.24) is 0 Å².